The normalized spacial score (nSPS) is 22.8. The van der Waals surface area contributed by atoms with Gasteiger partial charge in [0.15, 0.2) is 0 Å². The molecule has 0 aromatic carbocycles. The van der Waals surface area contributed by atoms with Crippen molar-refractivity contribution in [3.63, 3.8) is 0 Å². The van der Waals surface area contributed by atoms with Crippen molar-refractivity contribution >= 4 is 22.1 Å². The van der Waals surface area contributed by atoms with Crippen LogP contribution in [0.4, 0.5) is 0 Å². The molecule has 0 fully saturated rings. The predicted octanol–water partition coefficient (Wildman–Crippen LogP) is 3.50. The molecule has 1 unspecified atom stereocenters. The monoisotopic (exact) mass is 292 g/mol. The minimum absolute atomic E-state index is 0.0260. The van der Waals surface area contributed by atoms with Crippen molar-refractivity contribution in [2.24, 2.45) is 4.99 Å². The molecule has 17 heavy (non-hydrogen) atoms. The minimum Gasteiger partial charge on any atom is -0.467 e. The molecule has 0 saturated heterocycles. The van der Waals surface area contributed by atoms with Crippen LogP contribution in [0.5, 0.6) is 5.88 Å². The molecule has 3 nitrogen and oxygen atoms in total. The molecule has 0 N–H and O–H groups in total. The van der Waals surface area contributed by atoms with E-state index in [1.807, 2.05) is 18.3 Å². The summed E-state index contributed by atoms with van der Waals surface area (Å²) in [5, 5.41) is 0. The van der Waals surface area contributed by atoms with Crippen LogP contribution < -0.4 is 4.74 Å². The van der Waals surface area contributed by atoms with E-state index in [1.54, 1.807) is 6.20 Å². The van der Waals surface area contributed by atoms with Gasteiger partial charge in [0.2, 0.25) is 5.88 Å². The SMILES string of the molecule is Brc1cccnc1OC1C=NC2=C(CCC2)C1. The zero-order valence-corrected chi connectivity index (χ0v) is 11.0. The number of hydrogen-bond acceptors (Lipinski definition) is 3. The first-order valence-electron chi connectivity index (χ1n) is 5.85. The molecule has 0 radical (unpaired) electrons. The number of ether oxygens (including phenoxy) is 1. The van der Waals surface area contributed by atoms with Crippen LogP contribution in [0.1, 0.15) is 25.7 Å². The molecule has 88 valence electrons. The highest BCUT2D eigenvalue weighted by molar-refractivity contribution is 9.10. The van der Waals surface area contributed by atoms with Gasteiger partial charge in [-0.25, -0.2) is 4.98 Å². The fourth-order valence-electron chi connectivity index (χ4n) is 2.31. The molecular weight excluding hydrogens is 280 g/mol. The fraction of sp³-hybridized carbons (Fsp3) is 0.385. The van der Waals surface area contributed by atoms with Gasteiger partial charge in [0, 0.05) is 24.5 Å². The van der Waals surface area contributed by atoms with E-state index >= 15 is 0 Å². The summed E-state index contributed by atoms with van der Waals surface area (Å²) in [6, 6.07) is 3.81. The highest BCUT2D eigenvalue weighted by Crippen LogP contribution is 2.33. The molecule has 2 heterocycles. The summed E-state index contributed by atoms with van der Waals surface area (Å²) >= 11 is 3.44. The third-order valence-electron chi connectivity index (χ3n) is 3.13. The van der Waals surface area contributed by atoms with E-state index < -0.39 is 0 Å². The topological polar surface area (TPSA) is 34.5 Å². The Morgan fingerprint density at radius 1 is 1.35 bits per heavy atom. The van der Waals surface area contributed by atoms with E-state index in [-0.39, 0.29) is 6.10 Å². The quantitative estimate of drug-likeness (QED) is 0.836. The van der Waals surface area contributed by atoms with Gasteiger partial charge < -0.3 is 4.74 Å². The molecule has 1 aliphatic heterocycles. The van der Waals surface area contributed by atoms with Gasteiger partial charge in [-0.2, -0.15) is 0 Å². The highest BCUT2D eigenvalue weighted by Gasteiger charge is 2.23. The standard InChI is InChI=1S/C13H13BrN2O/c14-11-4-2-6-15-13(11)17-10-7-9-3-1-5-12(9)16-8-10/h2,4,6,8,10H,1,3,5,7H2. The van der Waals surface area contributed by atoms with Crippen LogP contribution in [0.15, 0.2) is 39.1 Å². The maximum atomic E-state index is 5.85. The number of aromatic nitrogens is 1. The Balaban J connectivity index is 1.72. The average Bonchev–Trinajstić information content (AvgIpc) is 2.79. The van der Waals surface area contributed by atoms with Crippen LogP contribution in [0.3, 0.4) is 0 Å². The average molecular weight is 293 g/mol. The van der Waals surface area contributed by atoms with Crippen molar-refractivity contribution in [2.75, 3.05) is 0 Å². The molecule has 3 rings (SSSR count). The third kappa shape index (κ3) is 2.27. The summed E-state index contributed by atoms with van der Waals surface area (Å²) in [6.45, 7) is 0. The first-order chi connectivity index (χ1) is 8.33. The molecule has 1 aromatic rings. The highest BCUT2D eigenvalue weighted by atomic mass is 79.9. The van der Waals surface area contributed by atoms with Crippen LogP contribution in [0, 0.1) is 0 Å². The lowest BCUT2D eigenvalue weighted by atomic mass is 10.1. The summed E-state index contributed by atoms with van der Waals surface area (Å²) in [4.78, 5) is 8.70. The number of hydrogen-bond donors (Lipinski definition) is 0. The molecule has 0 saturated carbocycles. The lowest BCUT2D eigenvalue weighted by molar-refractivity contribution is 0.256. The summed E-state index contributed by atoms with van der Waals surface area (Å²) in [7, 11) is 0. The first kappa shape index (κ1) is 11.0. The Bertz CT molecular complexity index is 496. The molecule has 4 heteroatoms. The zero-order chi connectivity index (χ0) is 11.7. The fourth-order valence-corrected chi connectivity index (χ4v) is 2.66. The van der Waals surface area contributed by atoms with Gasteiger partial charge in [-0.1, -0.05) is 0 Å². The van der Waals surface area contributed by atoms with Gasteiger partial charge in [-0.05, 0) is 52.9 Å². The second kappa shape index (κ2) is 4.61. The molecule has 1 aliphatic carbocycles. The van der Waals surface area contributed by atoms with Crippen molar-refractivity contribution in [2.45, 2.75) is 31.8 Å². The van der Waals surface area contributed by atoms with E-state index in [0.717, 1.165) is 17.3 Å². The second-order valence-electron chi connectivity index (χ2n) is 4.33. The Hall–Kier alpha value is -1.16. The van der Waals surface area contributed by atoms with Crippen molar-refractivity contribution in [1.82, 2.24) is 4.98 Å². The summed E-state index contributed by atoms with van der Waals surface area (Å²) < 4.78 is 6.74. The molecule has 1 atom stereocenters. The van der Waals surface area contributed by atoms with E-state index in [1.165, 1.54) is 24.1 Å². The molecule has 1 aromatic heterocycles. The number of nitrogens with zero attached hydrogens (tertiary/aromatic N) is 2. The van der Waals surface area contributed by atoms with Gasteiger partial charge in [0.05, 0.1) is 4.47 Å². The van der Waals surface area contributed by atoms with Crippen LogP contribution >= 0.6 is 15.9 Å². The summed E-state index contributed by atoms with van der Waals surface area (Å²) in [5.41, 5.74) is 2.74. The van der Waals surface area contributed by atoms with E-state index in [9.17, 15) is 0 Å². The van der Waals surface area contributed by atoms with Crippen molar-refractivity contribution < 1.29 is 4.74 Å². The van der Waals surface area contributed by atoms with Crippen molar-refractivity contribution in [1.29, 1.82) is 0 Å². The summed E-state index contributed by atoms with van der Waals surface area (Å²) in [6.07, 6.45) is 8.18. The Morgan fingerprint density at radius 3 is 3.18 bits per heavy atom. The van der Waals surface area contributed by atoms with Crippen LogP contribution in [0.25, 0.3) is 0 Å². The number of pyridine rings is 1. The number of halogens is 1. The second-order valence-corrected chi connectivity index (χ2v) is 5.19. The molecule has 0 amide bonds. The Kier molecular flexibility index (Phi) is 2.97. The van der Waals surface area contributed by atoms with Crippen LogP contribution in [-0.4, -0.2) is 17.3 Å². The lowest BCUT2D eigenvalue weighted by Crippen LogP contribution is -2.22. The van der Waals surface area contributed by atoms with Crippen molar-refractivity contribution in [3.8, 4) is 5.88 Å². The minimum atomic E-state index is 0.0260. The van der Waals surface area contributed by atoms with Gasteiger partial charge in [-0.3, -0.25) is 4.99 Å². The molecule has 2 aliphatic rings. The number of aliphatic imine (C=N–C) groups is 1. The van der Waals surface area contributed by atoms with Crippen LogP contribution in [0.2, 0.25) is 0 Å². The maximum Gasteiger partial charge on any atom is 0.228 e. The van der Waals surface area contributed by atoms with Gasteiger partial charge in [0.25, 0.3) is 0 Å². The van der Waals surface area contributed by atoms with Crippen molar-refractivity contribution in [3.05, 3.63) is 34.1 Å². The smallest absolute Gasteiger partial charge is 0.228 e. The largest absolute Gasteiger partial charge is 0.467 e. The first-order valence-corrected chi connectivity index (χ1v) is 6.64. The van der Waals surface area contributed by atoms with Gasteiger partial charge in [0.1, 0.15) is 6.10 Å². The molecule has 0 bridgehead atoms. The summed E-state index contributed by atoms with van der Waals surface area (Å²) in [5.74, 6) is 0.644. The third-order valence-corrected chi connectivity index (χ3v) is 3.74. The van der Waals surface area contributed by atoms with E-state index in [2.05, 4.69) is 25.9 Å². The van der Waals surface area contributed by atoms with Gasteiger partial charge in [-0.15, -0.1) is 0 Å². The molecule has 0 spiro atoms. The maximum absolute atomic E-state index is 5.85. The Labute approximate surface area is 109 Å². The van der Waals surface area contributed by atoms with Crippen LogP contribution in [-0.2, 0) is 0 Å². The lowest BCUT2D eigenvalue weighted by Gasteiger charge is -2.19. The Morgan fingerprint density at radius 2 is 2.29 bits per heavy atom. The molecular formula is C13H13BrN2O. The van der Waals surface area contributed by atoms with E-state index in [4.69, 9.17) is 4.74 Å². The number of rotatable bonds is 2. The zero-order valence-electron chi connectivity index (χ0n) is 9.40. The van der Waals surface area contributed by atoms with E-state index in [0.29, 0.717) is 5.88 Å². The predicted molar refractivity (Wildman–Crippen MR) is 70.3 cm³/mol. The van der Waals surface area contributed by atoms with Gasteiger partial charge >= 0.3 is 0 Å². The number of allylic oxidation sites excluding steroid dienone is 1.